The van der Waals surface area contributed by atoms with Crippen molar-refractivity contribution in [3.05, 3.63) is 16.4 Å². The van der Waals surface area contributed by atoms with Crippen LogP contribution >= 0.6 is 11.6 Å². The molecule has 1 saturated carbocycles. The third-order valence-electron chi connectivity index (χ3n) is 3.48. The molecule has 0 bridgehead atoms. The zero-order valence-corrected chi connectivity index (χ0v) is 11.3. The predicted molar refractivity (Wildman–Crippen MR) is 66.2 cm³/mol. The lowest BCUT2D eigenvalue weighted by atomic mass is 9.90. The first-order valence-corrected chi connectivity index (χ1v) is 6.25. The minimum atomic E-state index is -0.799. The van der Waals surface area contributed by atoms with Crippen LogP contribution in [0.2, 0.25) is 5.15 Å². The van der Waals surface area contributed by atoms with Crippen LogP contribution in [-0.4, -0.2) is 34.2 Å². The molecule has 0 aliphatic heterocycles. The molecule has 0 spiro atoms. The van der Waals surface area contributed by atoms with Crippen molar-refractivity contribution >= 4 is 11.6 Å². The van der Waals surface area contributed by atoms with Gasteiger partial charge in [0.1, 0.15) is 5.15 Å². The van der Waals surface area contributed by atoms with Gasteiger partial charge in [-0.25, -0.2) is 0 Å². The van der Waals surface area contributed by atoms with Gasteiger partial charge in [-0.05, 0) is 25.7 Å². The number of ether oxygens (including phenoxy) is 1. The van der Waals surface area contributed by atoms with Crippen molar-refractivity contribution in [1.82, 2.24) is 9.78 Å². The Hall–Kier alpha value is -0.580. The summed E-state index contributed by atoms with van der Waals surface area (Å²) in [4.78, 5) is 0. The maximum absolute atomic E-state index is 10.6. The SMILES string of the molecule is COCC(O)(Cc1c(C)nn(C)c1Cl)C1CC1. The van der Waals surface area contributed by atoms with Crippen LogP contribution < -0.4 is 0 Å². The number of halogens is 1. The van der Waals surface area contributed by atoms with E-state index in [0.29, 0.717) is 24.1 Å². The van der Waals surface area contributed by atoms with E-state index in [9.17, 15) is 5.11 Å². The first-order chi connectivity index (χ1) is 7.98. The lowest BCUT2D eigenvalue weighted by molar-refractivity contribution is -0.0475. The molecule has 5 heteroatoms. The van der Waals surface area contributed by atoms with E-state index in [1.807, 2.05) is 14.0 Å². The average Bonchev–Trinajstić information content (AvgIpc) is 3.05. The third kappa shape index (κ3) is 2.49. The second-order valence-corrected chi connectivity index (χ2v) is 5.32. The van der Waals surface area contributed by atoms with Crippen LogP contribution in [0.25, 0.3) is 0 Å². The van der Waals surface area contributed by atoms with Gasteiger partial charge in [0.2, 0.25) is 0 Å². The Labute approximate surface area is 107 Å². The summed E-state index contributed by atoms with van der Waals surface area (Å²) in [5.74, 6) is 0.332. The summed E-state index contributed by atoms with van der Waals surface area (Å²) in [6, 6.07) is 0. The van der Waals surface area contributed by atoms with Crippen molar-refractivity contribution in [3.63, 3.8) is 0 Å². The molecule has 1 fully saturated rings. The van der Waals surface area contributed by atoms with E-state index in [4.69, 9.17) is 16.3 Å². The van der Waals surface area contributed by atoms with Crippen LogP contribution in [-0.2, 0) is 18.2 Å². The molecule has 1 aliphatic rings. The molecule has 1 aliphatic carbocycles. The van der Waals surface area contributed by atoms with E-state index >= 15 is 0 Å². The van der Waals surface area contributed by atoms with Crippen LogP contribution in [0.3, 0.4) is 0 Å². The second-order valence-electron chi connectivity index (χ2n) is 4.97. The fourth-order valence-electron chi connectivity index (χ4n) is 2.36. The number of aliphatic hydroxyl groups is 1. The van der Waals surface area contributed by atoms with Crippen molar-refractivity contribution in [3.8, 4) is 0 Å². The van der Waals surface area contributed by atoms with Gasteiger partial charge in [-0.3, -0.25) is 4.68 Å². The predicted octanol–water partition coefficient (Wildman–Crippen LogP) is 1.71. The summed E-state index contributed by atoms with van der Waals surface area (Å²) in [5, 5.41) is 15.5. The van der Waals surface area contributed by atoms with Crippen molar-refractivity contribution in [1.29, 1.82) is 0 Å². The van der Waals surface area contributed by atoms with E-state index in [2.05, 4.69) is 5.10 Å². The van der Waals surface area contributed by atoms with Gasteiger partial charge in [-0.2, -0.15) is 5.10 Å². The maximum Gasteiger partial charge on any atom is 0.130 e. The number of hydrogen-bond donors (Lipinski definition) is 1. The number of hydrogen-bond acceptors (Lipinski definition) is 3. The molecule has 0 saturated heterocycles. The van der Waals surface area contributed by atoms with E-state index in [1.165, 1.54) is 0 Å². The highest BCUT2D eigenvalue weighted by Gasteiger charge is 2.44. The van der Waals surface area contributed by atoms with Crippen molar-refractivity contribution in [2.45, 2.75) is 31.8 Å². The van der Waals surface area contributed by atoms with Gasteiger partial charge >= 0.3 is 0 Å². The van der Waals surface area contributed by atoms with Gasteiger partial charge in [0, 0.05) is 26.1 Å². The molecule has 1 heterocycles. The second kappa shape index (κ2) is 4.59. The summed E-state index contributed by atoms with van der Waals surface area (Å²) in [5.41, 5.74) is 1.01. The maximum atomic E-state index is 10.6. The van der Waals surface area contributed by atoms with E-state index < -0.39 is 5.60 Å². The minimum absolute atomic E-state index is 0.332. The van der Waals surface area contributed by atoms with Gasteiger partial charge in [-0.15, -0.1) is 0 Å². The first kappa shape index (κ1) is 12.9. The van der Waals surface area contributed by atoms with E-state index in [-0.39, 0.29) is 0 Å². The topological polar surface area (TPSA) is 47.3 Å². The van der Waals surface area contributed by atoms with Crippen LogP contribution in [0.5, 0.6) is 0 Å². The first-order valence-electron chi connectivity index (χ1n) is 5.87. The zero-order valence-electron chi connectivity index (χ0n) is 10.5. The fraction of sp³-hybridized carbons (Fsp3) is 0.750. The Balaban J connectivity index is 2.22. The van der Waals surface area contributed by atoms with Gasteiger partial charge in [0.15, 0.2) is 0 Å². The molecule has 1 unspecified atom stereocenters. The van der Waals surface area contributed by atoms with Crippen LogP contribution in [0.4, 0.5) is 0 Å². The molecule has 2 rings (SSSR count). The van der Waals surface area contributed by atoms with Crippen LogP contribution in [0.15, 0.2) is 0 Å². The standard InChI is InChI=1S/C12H19ClN2O2/c1-8-10(11(13)15(2)14-8)6-12(16,7-17-3)9-4-5-9/h9,16H,4-7H2,1-3H3. The van der Waals surface area contributed by atoms with Crippen molar-refractivity contribution in [2.24, 2.45) is 13.0 Å². The molecule has 0 aromatic carbocycles. The number of aromatic nitrogens is 2. The highest BCUT2D eigenvalue weighted by molar-refractivity contribution is 6.30. The Morgan fingerprint density at radius 1 is 1.59 bits per heavy atom. The van der Waals surface area contributed by atoms with Gasteiger partial charge < -0.3 is 9.84 Å². The molecular formula is C12H19ClN2O2. The zero-order chi connectivity index (χ0) is 12.6. The Kier molecular flexibility index (Phi) is 3.48. The molecule has 17 heavy (non-hydrogen) atoms. The Bertz CT molecular complexity index is 415. The van der Waals surface area contributed by atoms with Gasteiger partial charge in [0.25, 0.3) is 0 Å². The summed E-state index contributed by atoms with van der Waals surface area (Å²) in [6.45, 7) is 2.27. The molecule has 1 atom stereocenters. The Morgan fingerprint density at radius 3 is 2.65 bits per heavy atom. The summed E-state index contributed by atoms with van der Waals surface area (Å²) in [7, 11) is 3.43. The smallest absolute Gasteiger partial charge is 0.130 e. The average molecular weight is 259 g/mol. The molecule has 0 radical (unpaired) electrons. The molecule has 96 valence electrons. The summed E-state index contributed by atoms with van der Waals surface area (Å²) >= 11 is 6.19. The van der Waals surface area contributed by atoms with Crippen molar-refractivity contribution in [2.75, 3.05) is 13.7 Å². The van der Waals surface area contributed by atoms with Crippen LogP contribution in [0, 0.1) is 12.8 Å². The number of methoxy groups -OCH3 is 1. The quantitative estimate of drug-likeness (QED) is 0.875. The number of nitrogens with zero attached hydrogens (tertiary/aromatic N) is 2. The van der Waals surface area contributed by atoms with Crippen molar-refractivity contribution < 1.29 is 9.84 Å². The molecular weight excluding hydrogens is 240 g/mol. The summed E-state index contributed by atoms with van der Waals surface area (Å²) in [6.07, 6.45) is 2.65. The molecule has 0 amide bonds. The molecule has 1 aromatic heterocycles. The fourth-order valence-corrected chi connectivity index (χ4v) is 2.61. The number of rotatable bonds is 5. The molecule has 1 aromatic rings. The lowest BCUT2D eigenvalue weighted by Gasteiger charge is -2.27. The van der Waals surface area contributed by atoms with Gasteiger partial charge in [0.05, 0.1) is 17.9 Å². The van der Waals surface area contributed by atoms with Gasteiger partial charge in [-0.1, -0.05) is 11.6 Å². The highest BCUT2D eigenvalue weighted by atomic mass is 35.5. The normalized spacial score (nSPS) is 19.4. The highest BCUT2D eigenvalue weighted by Crippen LogP contribution is 2.42. The molecule has 4 nitrogen and oxygen atoms in total. The van der Waals surface area contributed by atoms with E-state index in [0.717, 1.165) is 24.1 Å². The summed E-state index contributed by atoms with van der Waals surface area (Å²) < 4.78 is 6.79. The number of aryl methyl sites for hydroxylation is 2. The lowest BCUT2D eigenvalue weighted by Crippen LogP contribution is -2.39. The monoisotopic (exact) mass is 258 g/mol. The van der Waals surface area contributed by atoms with Crippen LogP contribution in [0.1, 0.15) is 24.1 Å². The minimum Gasteiger partial charge on any atom is -0.387 e. The van der Waals surface area contributed by atoms with E-state index in [1.54, 1.807) is 11.8 Å². The largest absolute Gasteiger partial charge is 0.387 e. The third-order valence-corrected chi connectivity index (χ3v) is 3.96. The molecule has 1 N–H and O–H groups in total. The Morgan fingerprint density at radius 2 is 2.24 bits per heavy atom.